The minimum absolute atomic E-state index is 0.305. The summed E-state index contributed by atoms with van der Waals surface area (Å²) in [6.07, 6.45) is 0.412. The number of carbonyl (C=O) groups is 2. The summed E-state index contributed by atoms with van der Waals surface area (Å²) < 4.78 is 1.81. The van der Waals surface area contributed by atoms with E-state index < -0.39 is 12.0 Å². The van der Waals surface area contributed by atoms with Gasteiger partial charge in [-0.1, -0.05) is 18.2 Å². The quantitative estimate of drug-likeness (QED) is 0.744. The zero-order valence-corrected chi connectivity index (χ0v) is 11.8. The van der Waals surface area contributed by atoms with Crippen molar-refractivity contribution in [2.24, 2.45) is 7.05 Å². The number of thioether (sulfide) groups is 1. The van der Waals surface area contributed by atoms with Crippen molar-refractivity contribution in [3.8, 4) is 0 Å². The van der Waals surface area contributed by atoms with Crippen LogP contribution in [0.5, 0.6) is 0 Å². The number of hydrogen-bond donors (Lipinski definition) is 2. The number of carboxylic acid groups (broad SMARTS) is 1. The number of amides is 1. The summed E-state index contributed by atoms with van der Waals surface area (Å²) in [7, 11) is 1.88. The molecular formula is C13H15N3O3S. The minimum atomic E-state index is -1.03. The number of para-hydroxylation sites is 1. The van der Waals surface area contributed by atoms with E-state index in [9.17, 15) is 9.59 Å². The van der Waals surface area contributed by atoms with Gasteiger partial charge in [-0.25, -0.2) is 4.79 Å². The smallest absolute Gasteiger partial charge is 0.327 e. The van der Waals surface area contributed by atoms with Gasteiger partial charge >= 0.3 is 5.97 Å². The number of carboxylic acids is 1. The van der Waals surface area contributed by atoms with Crippen molar-refractivity contribution >= 4 is 35.0 Å². The maximum absolute atomic E-state index is 10.9. The molecule has 1 atom stereocenters. The molecule has 20 heavy (non-hydrogen) atoms. The largest absolute Gasteiger partial charge is 0.480 e. The molecular weight excluding hydrogens is 278 g/mol. The van der Waals surface area contributed by atoms with Crippen LogP contribution in [-0.2, 0) is 22.4 Å². The molecule has 1 aromatic carbocycles. The molecule has 0 spiro atoms. The maximum Gasteiger partial charge on any atom is 0.327 e. The Morgan fingerprint density at radius 2 is 2.30 bits per heavy atom. The third-order valence-electron chi connectivity index (χ3n) is 2.92. The fourth-order valence-electron chi connectivity index (χ4n) is 1.94. The normalized spacial score (nSPS) is 12.2. The average molecular weight is 293 g/mol. The molecule has 0 bridgehead atoms. The van der Waals surface area contributed by atoms with Crippen LogP contribution in [0.1, 0.15) is 5.69 Å². The van der Waals surface area contributed by atoms with Gasteiger partial charge in [0.2, 0.25) is 6.41 Å². The van der Waals surface area contributed by atoms with Crippen molar-refractivity contribution in [3.63, 3.8) is 0 Å². The van der Waals surface area contributed by atoms with Crippen molar-refractivity contribution in [3.05, 3.63) is 30.0 Å². The summed E-state index contributed by atoms with van der Waals surface area (Å²) in [6, 6.07) is 7.02. The lowest BCUT2D eigenvalue weighted by molar-refractivity contribution is -0.139. The van der Waals surface area contributed by atoms with Gasteiger partial charge in [0.15, 0.2) is 0 Å². The number of fused-ring (bicyclic) bond motifs is 1. The monoisotopic (exact) mass is 293 g/mol. The molecule has 6 nitrogen and oxygen atoms in total. The Morgan fingerprint density at radius 3 is 3.00 bits per heavy atom. The van der Waals surface area contributed by atoms with Gasteiger partial charge in [0.05, 0.1) is 11.2 Å². The third kappa shape index (κ3) is 3.11. The number of nitrogens with one attached hydrogen (secondary N) is 1. The second-order valence-corrected chi connectivity index (χ2v) is 5.31. The summed E-state index contributed by atoms with van der Waals surface area (Å²) in [5, 5.41) is 16.7. The van der Waals surface area contributed by atoms with Crippen LogP contribution < -0.4 is 5.32 Å². The van der Waals surface area contributed by atoms with Crippen LogP contribution in [-0.4, -0.2) is 39.1 Å². The van der Waals surface area contributed by atoms with Gasteiger partial charge < -0.3 is 10.4 Å². The molecule has 0 saturated heterocycles. The molecule has 2 rings (SSSR count). The van der Waals surface area contributed by atoms with Crippen molar-refractivity contribution in [2.45, 2.75) is 11.8 Å². The first-order valence-corrected chi connectivity index (χ1v) is 7.20. The Balaban J connectivity index is 2.02. The molecule has 0 aliphatic carbocycles. The summed E-state index contributed by atoms with van der Waals surface area (Å²) in [4.78, 5) is 21.2. The summed E-state index contributed by atoms with van der Waals surface area (Å²) in [6.45, 7) is 0. The molecule has 0 radical (unpaired) electrons. The predicted octanol–water partition coefficient (Wildman–Crippen LogP) is 1.01. The van der Waals surface area contributed by atoms with Crippen LogP contribution in [0.15, 0.2) is 24.3 Å². The molecule has 7 heteroatoms. The molecule has 2 aromatic rings. The van der Waals surface area contributed by atoms with Crippen LogP contribution >= 0.6 is 11.8 Å². The van der Waals surface area contributed by atoms with Gasteiger partial charge in [-0.2, -0.15) is 16.9 Å². The van der Waals surface area contributed by atoms with E-state index in [1.165, 1.54) is 11.8 Å². The highest BCUT2D eigenvalue weighted by atomic mass is 32.2. The van der Waals surface area contributed by atoms with E-state index in [-0.39, 0.29) is 0 Å². The number of nitrogens with zero attached hydrogens (tertiary/aromatic N) is 2. The number of aromatic nitrogens is 2. The molecule has 0 aliphatic heterocycles. The molecule has 1 heterocycles. The van der Waals surface area contributed by atoms with Crippen LogP contribution in [0.3, 0.4) is 0 Å². The van der Waals surface area contributed by atoms with Crippen LogP contribution in [0.4, 0.5) is 0 Å². The van der Waals surface area contributed by atoms with Gasteiger partial charge in [0.1, 0.15) is 6.04 Å². The fourth-order valence-corrected chi connectivity index (χ4v) is 2.94. The number of aryl methyl sites for hydroxylation is 1. The zero-order chi connectivity index (χ0) is 14.5. The molecule has 0 saturated carbocycles. The number of aliphatic carboxylic acids is 1. The number of benzene rings is 1. The van der Waals surface area contributed by atoms with E-state index in [0.29, 0.717) is 17.9 Å². The van der Waals surface area contributed by atoms with Crippen molar-refractivity contribution in [1.82, 2.24) is 15.1 Å². The number of carbonyl (C=O) groups excluding carboxylic acids is 1. The Kier molecular flexibility index (Phi) is 4.62. The fraction of sp³-hybridized carbons (Fsp3) is 0.308. The number of hydrogen-bond acceptors (Lipinski definition) is 4. The van der Waals surface area contributed by atoms with Gasteiger partial charge in [-0.3, -0.25) is 9.48 Å². The summed E-state index contributed by atoms with van der Waals surface area (Å²) in [5.74, 6) is -0.125. The standard InChI is InChI=1S/C13H15N3O3S/c1-16-12-5-3-2-4-9(12)10(15-16)6-20-7-11(13(18)19)14-8-17/h2-5,8,11H,6-7H2,1H3,(H,14,17)(H,18,19). The molecule has 2 N–H and O–H groups in total. The SMILES string of the molecule is Cn1nc(CSCC(NC=O)C(=O)O)c2ccccc21. The zero-order valence-electron chi connectivity index (χ0n) is 10.9. The predicted molar refractivity (Wildman–Crippen MR) is 77.5 cm³/mol. The Hall–Kier alpha value is -2.02. The molecule has 1 amide bonds. The molecule has 0 fully saturated rings. The first-order chi connectivity index (χ1) is 9.63. The van der Waals surface area contributed by atoms with Crippen LogP contribution in [0, 0.1) is 0 Å². The van der Waals surface area contributed by atoms with E-state index in [2.05, 4.69) is 10.4 Å². The lowest BCUT2D eigenvalue weighted by Gasteiger charge is -2.09. The van der Waals surface area contributed by atoms with Crippen LogP contribution in [0.25, 0.3) is 10.9 Å². The van der Waals surface area contributed by atoms with Gasteiger partial charge in [-0.15, -0.1) is 0 Å². The second-order valence-electron chi connectivity index (χ2n) is 4.28. The topological polar surface area (TPSA) is 84.2 Å². The minimum Gasteiger partial charge on any atom is -0.480 e. The molecule has 1 aromatic heterocycles. The van der Waals surface area contributed by atoms with E-state index in [1.807, 2.05) is 36.0 Å². The maximum atomic E-state index is 10.9. The summed E-state index contributed by atoms with van der Waals surface area (Å²) >= 11 is 1.43. The van der Waals surface area contributed by atoms with Gasteiger partial charge in [0, 0.05) is 23.9 Å². The lowest BCUT2D eigenvalue weighted by Crippen LogP contribution is -2.37. The highest BCUT2D eigenvalue weighted by molar-refractivity contribution is 7.98. The summed E-state index contributed by atoms with van der Waals surface area (Å²) in [5.41, 5.74) is 1.97. The Bertz CT molecular complexity index is 626. The Labute approximate surface area is 120 Å². The Morgan fingerprint density at radius 1 is 1.55 bits per heavy atom. The highest BCUT2D eigenvalue weighted by Crippen LogP contribution is 2.21. The molecule has 1 unspecified atom stereocenters. The van der Waals surface area contributed by atoms with Crippen molar-refractivity contribution in [2.75, 3.05) is 5.75 Å². The molecule has 0 aliphatic rings. The van der Waals surface area contributed by atoms with Gasteiger partial charge in [0.25, 0.3) is 0 Å². The second kappa shape index (κ2) is 6.42. The first kappa shape index (κ1) is 14.4. The van der Waals surface area contributed by atoms with Crippen molar-refractivity contribution < 1.29 is 14.7 Å². The lowest BCUT2D eigenvalue weighted by atomic mass is 10.2. The van der Waals surface area contributed by atoms with E-state index in [0.717, 1.165) is 16.6 Å². The molecule has 106 valence electrons. The first-order valence-electron chi connectivity index (χ1n) is 6.04. The highest BCUT2D eigenvalue weighted by Gasteiger charge is 2.16. The number of rotatable bonds is 7. The van der Waals surface area contributed by atoms with Gasteiger partial charge in [-0.05, 0) is 6.07 Å². The van der Waals surface area contributed by atoms with E-state index >= 15 is 0 Å². The van der Waals surface area contributed by atoms with E-state index in [1.54, 1.807) is 0 Å². The van der Waals surface area contributed by atoms with E-state index in [4.69, 9.17) is 5.11 Å². The third-order valence-corrected chi connectivity index (χ3v) is 3.97. The van der Waals surface area contributed by atoms with Crippen LogP contribution in [0.2, 0.25) is 0 Å². The van der Waals surface area contributed by atoms with Crippen molar-refractivity contribution in [1.29, 1.82) is 0 Å². The average Bonchev–Trinajstić information content (AvgIpc) is 2.75.